The Morgan fingerprint density at radius 3 is 2.43 bits per heavy atom. The van der Waals surface area contributed by atoms with Gasteiger partial charge in [-0.1, -0.05) is 30.3 Å². The average molecular weight is 512 g/mol. The molecule has 1 saturated carbocycles. The fraction of sp³-hybridized carbons (Fsp3) is 0.231. The Morgan fingerprint density at radius 2 is 1.81 bits per heavy atom. The molecule has 8 nitrogen and oxygen atoms in total. The van der Waals surface area contributed by atoms with Gasteiger partial charge in [-0.25, -0.2) is 14.8 Å². The van der Waals surface area contributed by atoms with E-state index in [0.717, 1.165) is 0 Å². The number of rotatable bonds is 8. The number of anilines is 2. The number of halogens is 3. The molecule has 0 bridgehead atoms. The molecule has 0 aliphatic heterocycles. The number of hydrogen-bond donors (Lipinski definition) is 3. The second kappa shape index (κ2) is 10.3. The van der Waals surface area contributed by atoms with E-state index in [1.165, 1.54) is 24.3 Å². The predicted molar refractivity (Wildman–Crippen MR) is 132 cm³/mol. The number of benzene rings is 2. The molecule has 1 heterocycles. The maximum absolute atomic E-state index is 13.7. The third-order valence-corrected chi connectivity index (χ3v) is 5.88. The highest BCUT2D eigenvalue weighted by Crippen LogP contribution is 2.49. The summed E-state index contributed by atoms with van der Waals surface area (Å²) < 4.78 is 46.1. The Morgan fingerprint density at radius 1 is 1.11 bits per heavy atom. The number of amides is 2. The van der Waals surface area contributed by atoms with Crippen LogP contribution in [-0.4, -0.2) is 28.5 Å². The molecule has 192 valence electrons. The van der Waals surface area contributed by atoms with Crippen molar-refractivity contribution in [2.24, 2.45) is 5.73 Å². The van der Waals surface area contributed by atoms with Crippen LogP contribution in [0.25, 0.3) is 12.2 Å². The van der Waals surface area contributed by atoms with Crippen molar-refractivity contribution in [2.45, 2.75) is 31.4 Å². The quantitative estimate of drug-likeness (QED) is 0.390. The third-order valence-electron chi connectivity index (χ3n) is 5.88. The van der Waals surface area contributed by atoms with E-state index in [1.54, 1.807) is 43.3 Å². The number of carbonyl (C=O) groups excluding carboxylic acids is 2. The second-order valence-corrected chi connectivity index (χ2v) is 8.43. The first-order valence-corrected chi connectivity index (χ1v) is 11.5. The summed E-state index contributed by atoms with van der Waals surface area (Å²) in [6.45, 7) is 2.17. The molecule has 0 spiro atoms. The molecule has 1 fully saturated rings. The Bertz CT molecular complexity index is 1340. The molecule has 1 aliphatic rings. The lowest BCUT2D eigenvalue weighted by Gasteiger charge is -2.15. The summed E-state index contributed by atoms with van der Waals surface area (Å²) in [5.41, 5.74) is 5.18. The van der Waals surface area contributed by atoms with Crippen molar-refractivity contribution >= 4 is 35.8 Å². The second-order valence-electron chi connectivity index (χ2n) is 8.43. The number of aromatic nitrogens is 2. The first-order chi connectivity index (χ1) is 17.6. The Hall–Kier alpha value is -4.41. The molecule has 0 saturated heterocycles. The predicted octanol–water partition coefficient (Wildman–Crippen LogP) is 5.03. The van der Waals surface area contributed by atoms with Crippen LogP contribution in [0.15, 0.2) is 54.7 Å². The van der Waals surface area contributed by atoms with Gasteiger partial charge in [0.2, 0.25) is 11.9 Å². The summed E-state index contributed by atoms with van der Waals surface area (Å²) in [6.07, 6.45) is -0.649. The van der Waals surface area contributed by atoms with E-state index >= 15 is 0 Å². The van der Waals surface area contributed by atoms with Gasteiger partial charge in [-0.05, 0) is 61.2 Å². The highest BCUT2D eigenvalue weighted by Gasteiger charge is 2.50. The summed E-state index contributed by atoms with van der Waals surface area (Å²) in [5, 5.41) is 5.35. The minimum atomic E-state index is -4.68. The highest BCUT2D eigenvalue weighted by atomic mass is 19.4. The summed E-state index contributed by atoms with van der Waals surface area (Å²) in [6, 6.07) is 13.1. The van der Waals surface area contributed by atoms with E-state index in [0.29, 0.717) is 42.4 Å². The Labute approximate surface area is 210 Å². The summed E-state index contributed by atoms with van der Waals surface area (Å²) >= 11 is 0. The topological polar surface area (TPSA) is 119 Å². The van der Waals surface area contributed by atoms with Crippen LogP contribution in [0.4, 0.5) is 29.6 Å². The van der Waals surface area contributed by atoms with E-state index < -0.39 is 29.2 Å². The molecule has 4 N–H and O–H groups in total. The first kappa shape index (κ1) is 25.7. The summed E-state index contributed by atoms with van der Waals surface area (Å²) in [5.74, 6) is -0.231. The molecule has 0 atom stereocenters. The fourth-order valence-corrected chi connectivity index (χ4v) is 3.84. The molecular weight excluding hydrogens is 487 g/mol. The zero-order valence-electron chi connectivity index (χ0n) is 19.8. The molecule has 2 amide bonds. The minimum absolute atomic E-state index is 0.0610. The molecular formula is C26H24F3N5O3. The number of carbonyl (C=O) groups is 2. The normalized spacial score (nSPS) is 14.3. The van der Waals surface area contributed by atoms with Crippen molar-refractivity contribution < 1.29 is 27.5 Å². The van der Waals surface area contributed by atoms with Crippen LogP contribution in [0, 0.1) is 0 Å². The molecule has 11 heteroatoms. The largest absolute Gasteiger partial charge is 0.419 e. The van der Waals surface area contributed by atoms with Crippen LogP contribution in [0.5, 0.6) is 5.75 Å². The SMILES string of the molecule is CCNC(=O)Oc1ccc(Nc2ncc(C(F)(F)F)c(C=Cc3ccccc3C3(C(N)=O)CC3)n2)cc1. The van der Waals surface area contributed by atoms with Gasteiger partial charge in [0, 0.05) is 18.4 Å². The van der Waals surface area contributed by atoms with Crippen LogP contribution in [0.3, 0.4) is 0 Å². The van der Waals surface area contributed by atoms with Crippen molar-refractivity contribution in [3.8, 4) is 5.75 Å². The molecule has 0 unspecified atom stereocenters. The van der Waals surface area contributed by atoms with E-state index in [-0.39, 0.29) is 17.4 Å². The maximum atomic E-state index is 13.7. The van der Waals surface area contributed by atoms with E-state index in [4.69, 9.17) is 10.5 Å². The van der Waals surface area contributed by atoms with Crippen LogP contribution < -0.4 is 21.1 Å². The van der Waals surface area contributed by atoms with Crippen molar-refractivity contribution in [2.75, 3.05) is 11.9 Å². The van der Waals surface area contributed by atoms with E-state index in [1.807, 2.05) is 0 Å². The summed E-state index contributed by atoms with van der Waals surface area (Å²) in [7, 11) is 0. The average Bonchev–Trinajstić information content (AvgIpc) is 3.66. The number of hydrogen-bond acceptors (Lipinski definition) is 6. The van der Waals surface area contributed by atoms with Crippen LogP contribution in [0.1, 0.15) is 42.1 Å². The lowest BCUT2D eigenvalue weighted by Crippen LogP contribution is -2.28. The maximum Gasteiger partial charge on any atom is 0.419 e. The molecule has 2 aromatic carbocycles. The van der Waals surface area contributed by atoms with Crippen LogP contribution in [-0.2, 0) is 16.4 Å². The van der Waals surface area contributed by atoms with Crippen molar-refractivity contribution in [1.82, 2.24) is 15.3 Å². The van der Waals surface area contributed by atoms with Gasteiger partial charge in [0.1, 0.15) is 5.75 Å². The van der Waals surface area contributed by atoms with Gasteiger partial charge >= 0.3 is 12.3 Å². The fourth-order valence-electron chi connectivity index (χ4n) is 3.84. The lowest BCUT2D eigenvalue weighted by atomic mass is 9.90. The van der Waals surface area contributed by atoms with Gasteiger partial charge in [0.25, 0.3) is 0 Å². The van der Waals surface area contributed by atoms with Gasteiger partial charge in [0.15, 0.2) is 0 Å². The Kier molecular flexibility index (Phi) is 7.14. The van der Waals surface area contributed by atoms with Crippen LogP contribution >= 0.6 is 0 Å². The van der Waals surface area contributed by atoms with Gasteiger partial charge in [-0.3, -0.25) is 4.79 Å². The summed E-state index contributed by atoms with van der Waals surface area (Å²) in [4.78, 5) is 31.4. The number of nitrogens with one attached hydrogen (secondary N) is 2. The van der Waals surface area contributed by atoms with Gasteiger partial charge in [-0.15, -0.1) is 0 Å². The Balaban J connectivity index is 1.60. The van der Waals surface area contributed by atoms with Gasteiger partial charge < -0.3 is 21.1 Å². The van der Waals surface area contributed by atoms with E-state index in [2.05, 4.69) is 20.6 Å². The molecule has 1 aromatic heterocycles. The molecule has 3 aromatic rings. The molecule has 37 heavy (non-hydrogen) atoms. The van der Waals surface area contributed by atoms with Crippen molar-refractivity contribution in [3.63, 3.8) is 0 Å². The van der Waals surface area contributed by atoms with Crippen molar-refractivity contribution in [1.29, 1.82) is 0 Å². The zero-order valence-corrected chi connectivity index (χ0v) is 19.8. The molecule has 4 rings (SSSR count). The lowest BCUT2D eigenvalue weighted by molar-refractivity contribution is -0.138. The molecule has 1 aliphatic carbocycles. The third kappa shape index (κ3) is 5.88. The highest BCUT2D eigenvalue weighted by molar-refractivity contribution is 5.91. The van der Waals surface area contributed by atoms with Gasteiger partial charge in [-0.2, -0.15) is 13.2 Å². The number of primary amides is 1. The number of ether oxygens (including phenoxy) is 1. The smallest absolute Gasteiger partial charge is 0.410 e. The van der Waals surface area contributed by atoms with E-state index in [9.17, 15) is 22.8 Å². The first-order valence-electron chi connectivity index (χ1n) is 11.5. The minimum Gasteiger partial charge on any atom is -0.410 e. The standard InChI is InChI=1S/C26H24F3N5O3/c1-2-31-24(36)37-18-10-8-17(9-11-18)33-23-32-15-20(26(27,28)29)21(34-23)12-7-16-5-3-4-6-19(16)25(13-14-25)22(30)35/h3-12,15H,2,13-14H2,1H3,(H2,30,35)(H,31,36)(H,32,33,34). The number of nitrogens with zero attached hydrogens (tertiary/aromatic N) is 2. The van der Waals surface area contributed by atoms with Crippen molar-refractivity contribution in [3.05, 3.63) is 77.1 Å². The van der Waals surface area contributed by atoms with Crippen LogP contribution in [0.2, 0.25) is 0 Å². The van der Waals surface area contributed by atoms with Gasteiger partial charge in [0.05, 0.1) is 16.7 Å². The zero-order chi connectivity index (χ0) is 26.6. The monoisotopic (exact) mass is 511 g/mol. The number of nitrogens with two attached hydrogens (primary N) is 1. The number of alkyl halides is 3. The molecule has 0 radical (unpaired) electrons.